The molecule has 5 heteroatoms. The number of carbonyl (C=O) groups is 2. The zero-order chi connectivity index (χ0) is 19.1. The van der Waals surface area contributed by atoms with Crippen molar-refractivity contribution in [3.8, 4) is 0 Å². The molecule has 1 aromatic heterocycles. The Morgan fingerprint density at radius 2 is 1.63 bits per heavy atom. The molecule has 2 N–H and O–H groups in total. The molecular formula is C22H22N2O3. The maximum Gasteiger partial charge on any atom is 0.291 e. The Kier molecular flexibility index (Phi) is 4.22. The third-order valence-corrected chi connectivity index (χ3v) is 5.02. The number of nitrogens with one attached hydrogen (secondary N) is 2. The van der Waals surface area contributed by atoms with Crippen LogP contribution in [0.3, 0.4) is 0 Å². The summed E-state index contributed by atoms with van der Waals surface area (Å²) in [6, 6.07) is 11.2. The first-order chi connectivity index (χ1) is 12.9. The molecule has 5 nitrogen and oxygen atoms in total. The van der Waals surface area contributed by atoms with E-state index in [1.807, 2.05) is 39.0 Å². The Balaban J connectivity index is 1.58. The number of hydrogen-bond acceptors (Lipinski definition) is 3. The van der Waals surface area contributed by atoms with Crippen molar-refractivity contribution >= 4 is 34.2 Å². The van der Waals surface area contributed by atoms with Gasteiger partial charge in [-0.05, 0) is 62.9 Å². The summed E-state index contributed by atoms with van der Waals surface area (Å²) in [4.78, 5) is 24.7. The number of benzene rings is 2. The largest absolute Gasteiger partial charge is 0.450 e. The first-order valence-electron chi connectivity index (χ1n) is 9.15. The van der Waals surface area contributed by atoms with Gasteiger partial charge in [0.25, 0.3) is 5.91 Å². The smallest absolute Gasteiger partial charge is 0.291 e. The highest BCUT2D eigenvalue weighted by Crippen LogP contribution is 2.32. The van der Waals surface area contributed by atoms with Gasteiger partial charge in [0.05, 0.1) is 0 Å². The lowest BCUT2D eigenvalue weighted by Crippen LogP contribution is -2.15. The fourth-order valence-electron chi connectivity index (χ4n) is 3.34. The molecule has 0 unspecified atom stereocenters. The van der Waals surface area contributed by atoms with Crippen molar-refractivity contribution in [3.63, 3.8) is 0 Å². The summed E-state index contributed by atoms with van der Waals surface area (Å²) in [6.07, 6.45) is 1.90. The molecule has 2 amide bonds. The highest BCUT2D eigenvalue weighted by molar-refractivity contribution is 6.07. The molecule has 138 valence electrons. The van der Waals surface area contributed by atoms with Gasteiger partial charge in [0.2, 0.25) is 5.91 Å². The Hall–Kier alpha value is -3.08. The lowest BCUT2D eigenvalue weighted by Gasteiger charge is -2.08. The summed E-state index contributed by atoms with van der Waals surface area (Å²) in [7, 11) is 0. The number of amides is 2. The predicted molar refractivity (Wildman–Crippen MR) is 106 cm³/mol. The molecule has 3 aromatic rings. The van der Waals surface area contributed by atoms with E-state index < -0.39 is 0 Å². The predicted octanol–water partition coefficient (Wildman–Crippen LogP) is 4.96. The number of carbonyl (C=O) groups excluding carboxylic acids is 2. The number of rotatable bonds is 4. The Labute approximate surface area is 157 Å². The molecule has 1 fully saturated rings. The monoisotopic (exact) mass is 362 g/mol. The van der Waals surface area contributed by atoms with E-state index in [1.165, 1.54) is 0 Å². The molecule has 2 aromatic carbocycles. The first-order valence-corrected chi connectivity index (χ1v) is 9.15. The van der Waals surface area contributed by atoms with Crippen LogP contribution in [0.5, 0.6) is 0 Å². The Bertz CT molecular complexity index is 1060. The second-order valence-electron chi connectivity index (χ2n) is 7.26. The summed E-state index contributed by atoms with van der Waals surface area (Å²) in [6.45, 7) is 5.88. The van der Waals surface area contributed by atoms with Crippen molar-refractivity contribution in [2.24, 2.45) is 5.92 Å². The molecule has 1 aliphatic rings. The van der Waals surface area contributed by atoms with Crippen LogP contribution in [-0.4, -0.2) is 11.8 Å². The lowest BCUT2D eigenvalue weighted by atomic mass is 10.0. The molecule has 1 saturated carbocycles. The molecule has 1 heterocycles. The van der Waals surface area contributed by atoms with Crippen molar-refractivity contribution in [1.82, 2.24) is 0 Å². The highest BCUT2D eigenvalue weighted by atomic mass is 16.3. The van der Waals surface area contributed by atoms with E-state index >= 15 is 0 Å². The number of furan rings is 1. The average molecular weight is 362 g/mol. The second kappa shape index (κ2) is 6.58. The van der Waals surface area contributed by atoms with E-state index in [4.69, 9.17) is 4.42 Å². The third-order valence-electron chi connectivity index (χ3n) is 5.02. The van der Waals surface area contributed by atoms with Crippen LogP contribution < -0.4 is 10.6 Å². The van der Waals surface area contributed by atoms with E-state index in [0.717, 1.165) is 40.5 Å². The third kappa shape index (κ3) is 3.33. The van der Waals surface area contributed by atoms with Gasteiger partial charge in [-0.3, -0.25) is 9.59 Å². The van der Waals surface area contributed by atoms with Gasteiger partial charge in [0, 0.05) is 28.2 Å². The van der Waals surface area contributed by atoms with Gasteiger partial charge in [-0.15, -0.1) is 0 Å². The molecule has 4 rings (SSSR count). The standard InChI is InChI=1S/C22H22N2O3/c1-12-7-8-13(2)19-18(12)14(3)20(27-19)22(26)24-17-6-4-5-16(11-17)23-21(25)15-9-10-15/h4-8,11,15H,9-10H2,1-3H3,(H,23,25)(H,24,26). The minimum atomic E-state index is -0.298. The van der Waals surface area contributed by atoms with Crippen LogP contribution in [0.15, 0.2) is 40.8 Å². The van der Waals surface area contributed by atoms with Gasteiger partial charge in [0.1, 0.15) is 5.58 Å². The van der Waals surface area contributed by atoms with Crippen molar-refractivity contribution in [2.75, 3.05) is 10.6 Å². The zero-order valence-corrected chi connectivity index (χ0v) is 15.7. The van der Waals surface area contributed by atoms with Crippen molar-refractivity contribution in [1.29, 1.82) is 0 Å². The van der Waals surface area contributed by atoms with E-state index in [9.17, 15) is 9.59 Å². The maximum absolute atomic E-state index is 12.8. The van der Waals surface area contributed by atoms with E-state index in [2.05, 4.69) is 10.6 Å². The normalized spacial score (nSPS) is 13.6. The van der Waals surface area contributed by atoms with E-state index in [0.29, 0.717) is 17.1 Å². The van der Waals surface area contributed by atoms with Crippen LogP contribution in [-0.2, 0) is 4.79 Å². The van der Waals surface area contributed by atoms with Gasteiger partial charge in [0.15, 0.2) is 5.76 Å². The Morgan fingerprint density at radius 3 is 2.30 bits per heavy atom. The summed E-state index contributed by atoms with van der Waals surface area (Å²) < 4.78 is 5.90. The fourth-order valence-corrected chi connectivity index (χ4v) is 3.34. The van der Waals surface area contributed by atoms with Gasteiger partial charge >= 0.3 is 0 Å². The molecule has 0 spiro atoms. The molecule has 0 bridgehead atoms. The molecule has 0 radical (unpaired) electrons. The molecule has 0 aliphatic heterocycles. The molecular weight excluding hydrogens is 340 g/mol. The van der Waals surface area contributed by atoms with Crippen LogP contribution in [0.2, 0.25) is 0 Å². The highest BCUT2D eigenvalue weighted by Gasteiger charge is 2.29. The summed E-state index contributed by atoms with van der Waals surface area (Å²) in [5.74, 6) is 0.188. The van der Waals surface area contributed by atoms with E-state index in [-0.39, 0.29) is 17.7 Å². The minimum Gasteiger partial charge on any atom is -0.450 e. The molecule has 0 saturated heterocycles. The quantitative estimate of drug-likeness (QED) is 0.689. The van der Waals surface area contributed by atoms with Gasteiger partial charge in [-0.2, -0.15) is 0 Å². The number of anilines is 2. The number of aryl methyl sites for hydroxylation is 3. The number of hydrogen-bond donors (Lipinski definition) is 2. The molecule has 27 heavy (non-hydrogen) atoms. The summed E-state index contributed by atoms with van der Waals surface area (Å²) in [5, 5.41) is 6.76. The maximum atomic E-state index is 12.8. The van der Waals surface area contributed by atoms with Crippen molar-refractivity contribution in [2.45, 2.75) is 33.6 Å². The number of fused-ring (bicyclic) bond motifs is 1. The van der Waals surface area contributed by atoms with Crippen LogP contribution in [0.1, 0.15) is 40.1 Å². The lowest BCUT2D eigenvalue weighted by molar-refractivity contribution is -0.117. The topological polar surface area (TPSA) is 71.3 Å². The van der Waals surface area contributed by atoms with Crippen molar-refractivity contribution in [3.05, 3.63) is 58.8 Å². The Morgan fingerprint density at radius 1 is 0.963 bits per heavy atom. The summed E-state index contributed by atoms with van der Waals surface area (Å²) >= 11 is 0. The molecule has 1 aliphatic carbocycles. The van der Waals surface area contributed by atoms with Crippen LogP contribution in [0.4, 0.5) is 11.4 Å². The van der Waals surface area contributed by atoms with Gasteiger partial charge in [-0.25, -0.2) is 0 Å². The minimum absolute atomic E-state index is 0.0394. The first kappa shape index (κ1) is 17.3. The second-order valence-corrected chi connectivity index (χ2v) is 7.26. The zero-order valence-electron chi connectivity index (χ0n) is 15.7. The molecule has 0 atom stereocenters. The van der Waals surface area contributed by atoms with Gasteiger partial charge < -0.3 is 15.1 Å². The van der Waals surface area contributed by atoms with E-state index in [1.54, 1.807) is 18.2 Å². The van der Waals surface area contributed by atoms with Crippen LogP contribution >= 0.6 is 0 Å². The van der Waals surface area contributed by atoms with Crippen molar-refractivity contribution < 1.29 is 14.0 Å². The fraction of sp³-hybridized carbons (Fsp3) is 0.273. The van der Waals surface area contributed by atoms with Crippen LogP contribution in [0, 0.1) is 26.7 Å². The SMILES string of the molecule is Cc1ccc(C)c2c(C)c(C(=O)Nc3cccc(NC(=O)C4CC4)c3)oc12. The van der Waals surface area contributed by atoms with Crippen LogP contribution in [0.25, 0.3) is 11.0 Å². The van der Waals surface area contributed by atoms with Gasteiger partial charge in [-0.1, -0.05) is 18.2 Å². The average Bonchev–Trinajstić information content (AvgIpc) is 3.42. The summed E-state index contributed by atoms with van der Waals surface area (Å²) in [5.41, 5.74) is 4.97.